The average molecular weight is 907 g/mol. The second kappa shape index (κ2) is 53.5. The van der Waals surface area contributed by atoms with Crippen molar-refractivity contribution in [3.05, 3.63) is 72.9 Å². The van der Waals surface area contributed by atoms with Gasteiger partial charge >= 0.3 is 17.9 Å². The molecular weight excluding hydrogens is 805 g/mol. The Morgan fingerprint density at radius 2 is 0.662 bits per heavy atom. The van der Waals surface area contributed by atoms with Gasteiger partial charge in [-0.3, -0.25) is 14.4 Å². The number of ether oxygens (including phenoxy) is 3. The molecule has 0 aliphatic heterocycles. The van der Waals surface area contributed by atoms with E-state index in [0.29, 0.717) is 19.3 Å². The minimum Gasteiger partial charge on any atom is -0.462 e. The van der Waals surface area contributed by atoms with Gasteiger partial charge in [0.1, 0.15) is 13.2 Å². The highest BCUT2D eigenvalue weighted by Crippen LogP contribution is 2.15. The number of carbonyl (C=O) groups is 3. The summed E-state index contributed by atoms with van der Waals surface area (Å²) in [6.45, 7) is 6.49. The van der Waals surface area contributed by atoms with Crippen molar-refractivity contribution in [1.29, 1.82) is 0 Å². The molecule has 0 saturated carbocycles. The number of rotatable bonds is 49. The lowest BCUT2D eigenvalue weighted by molar-refractivity contribution is -0.167. The summed E-state index contributed by atoms with van der Waals surface area (Å²) in [4.78, 5) is 38.0. The second-order valence-electron chi connectivity index (χ2n) is 18.2. The van der Waals surface area contributed by atoms with E-state index in [1.165, 1.54) is 122 Å². The Morgan fingerprint density at radius 1 is 0.338 bits per heavy atom. The molecule has 0 radical (unpaired) electrons. The Labute approximate surface area is 402 Å². The fourth-order valence-corrected chi connectivity index (χ4v) is 7.63. The molecule has 0 fully saturated rings. The summed E-state index contributed by atoms with van der Waals surface area (Å²) in [6, 6.07) is 0. The molecule has 6 heteroatoms. The van der Waals surface area contributed by atoms with Crippen LogP contribution in [-0.2, 0) is 28.6 Å². The molecule has 0 amide bonds. The van der Waals surface area contributed by atoms with E-state index in [1.54, 1.807) is 0 Å². The van der Waals surface area contributed by atoms with E-state index in [9.17, 15) is 14.4 Å². The third-order valence-electron chi connectivity index (χ3n) is 11.8. The Bertz CT molecular complexity index is 1230. The highest BCUT2D eigenvalue weighted by atomic mass is 16.6. The summed E-state index contributed by atoms with van der Waals surface area (Å²) in [5.74, 6) is -0.905. The summed E-state index contributed by atoms with van der Waals surface area (Å²) in [5, 5.41) is 0. The predicted molar refractivity (Wildman–Crippen MR) is 279 cm³/mol. The van der Waals surface area contributed by atoms with Crippen LogP contribution in [0.3, 0.4) is 0 Å². The van der Waals surface area contributed by atoms with Crippen LogP contribution in [0.4, 0.5) is 0 Å². The summed E-state index contributed by atoms with van der Waals surface area (Å²) in [7, 11) is 0. The first kappa shape index (κ1) is 61.9. The molecule has 0 aliphatic rings. The van der Waals surface area contributed by atoms with Gasteiger partial charge in [0.25, 0.3) is 0 Å². The molecule has 1 unspecified atom stereocenters. The third kappa shape index (κ3) is 51.7. The van der Waals surface area contributed by atoms with E-state index in [0.717, 1.165) is 103 Å². The maximum atomic E-state index is 12.8. The van der Waals surface area contributed by atoms with Crippen LogP contribution in [0.2, 0.25) is 0 Å². The van der Waals surface area contributed by atoms with Crippen molar-refractivity contribution in [2.24, 2.45) is 0 Å². The second-order valence-corrected chi connectivity index (χ2v) is 18.2. The van der Waals surface area contributed by atoms with Crippen LogP contribution in [0, 0.1) is 0 Å². The van der Waals surface area contributed by atoms with Gasteiger partial charge in [0.05, 0.1) is 0 Å². The van der Waals surface area contributed by atoms with Gasteiger partial charge < -0.3 is 14.2 Å². The zero-order valence-electron chi connectivity index (χ0n) is 42.7. The predicted octanol–water partition coefficient (Wildman–Crippen LogP) is 18.2. The summed E-state index contributed by atoms with van der Waals surface area (Å²) in [6.07, 6.45) is 67.4. The maximum Gasteiger partial charge on any atom is 0.306 e. The van der Waals surface area contributed by atoms with Gasteiger partial charge in [0, 0.05) is 19.3 Å². The SMILES string of the molecule is CC/C=C\C/C=C\C/C=C\CCCCCCCCCCCC(=O)OCC(COC(=O)CCCCCCCCCCCC)OC(=O)CCCCCCC\C=C/C=C\C=C/CCCCCCC. The third-order valence-corrected chi connectivity index (χ3v) is 11.8. The van der Waals surface area contributed by atoms with Crippen LogP contribution in [0.25, 0.3) is 0 Å². The molecular formula is C59H102O6. The van der Waals surface area contributed by atoms with Gasteiger partial charge in [0.2, 0.25) is 0 Å². The van der Waals surface area contributed by atoms with Crippen molar-refractivity contribution in [2.45, 2.75) is 271 Å². The molecule has 374 valence electrons. The quantitative estimate of drug-likeness (QED) is 0.0199. The van der Waals surface area contributed by atoms with E-state index in [2.05, 4.69) is 93.7 Å². The van der Waals surface area contributed by atoms with E-state index in [-0.39, 0.29) is 31.1 Å². The van der Waals surface area contributed by atoms with Gasteiger partial charge in [-0.15, -0.1) is 0 Å². The normalized spacial score (nSPS) is 12.6. The largest absolute Gasteiger partial charge is 0.462 e. The Kier molecular flexibility index (Phi) is 50.9. The number of carbonyl (C=O) groups excluding carboxylic acids is 3. The van der Waals surface area contributed by atoms with E-state index < -0.39 is 6.10 Å². The van der Waals surface area contributed by atoms with Crippen LogP contribution < -0.4 is 0 Å². The van der Waals surface area contributed by atoms with E-state index in [1.807, 2.05) is 0 Å². The highest BCUT2D eigenvalue weighted by Gasteiger charge is 2.19. The van der Waals surface area contributed by atoms with Crippen molar-refractivity contribution in [3.63, 3.8) is 0 Å². The monoisotopic (exact) mass is 907 g/mol. The van der Waals surface area contributed by atoms with Crippen LogP contribution in [0.15, 0.2) is 72.9 Å². The Morgan fingerprint density at radius 3 is 1.06 bits per heavy atom. The number of allylic oxidation sites excluding steroid dienone is 12. The van der Waals surface area contributed by atoms with Crippen molar-refractivity contribution in [3.8, 4) is 0 Å². The molecule has 0 rings (SSSR count). The molecule has 65 heavy (non-hydrogen) atoms. The molecule has 0 heterocycles. The van der Waals surface area contributed by atoms with Gasteiger partial charge in [-0.05, 0) is 77.0 Å². The molecule has 0 N–H and O–H groups in total. The number of hydrogen-bond donors (Lipinski definition) is 0. The first-order chi connectivity index (χ1) is 32.0. The fourth-order valence-electron chi connectivity index (χ4n) is 7.63. The molecule has 1 atom stereocenters. The van der Waals surface area contributed by atoms with Gasteiger partial charge in [-0.1, -0.05) is 241 Å². The van der Waals surface area contributed by atoms with Crippen molar-refractivity contribution in [2.75, 3.05) is 13.2 Å². The first-order valence-corrected chi connectivity index (χ1v) is 27.5. The molecule has 0 spiro atoms. The van der Waals surface area contributed by atoms with Crippen molar-refractivity contribution >= 4 is 17.9 Å². The standard InChI is InChI=1S/C59H102O6/c1-4-7-10-13-16-19-22-24-26-28-30-32-33-35-37-40-43-46-49-52-58(61)64-55-56(54-63-57(60)51-48-45-42-39-21-18-15-12-9-6-3)65-59(62)53-50-47-44-41-38-36-34-31-29-27-25-23-20-17-14-11-8-5-2/h7,10,16,19,23-27,29,31,34,56H,4-6,8-9,11-15,17-18,20-22,28,30,32-33,35-55H2,1-3H3/b10-7-,19-16-,25-23-,26-24-,29-27-,34-31-. The van der Waals surface area contributed by atoms with Gasteiger partial charge in [-0.2, -0.15) is 0 Å². The Hall–Kier alpha value is -3.15. The van der Waals surface area contributed by atoms with Crippen LogP contribution >= 0.6 is 0 Å². The maximum absolute atomic E-state index is 12.8. The molecule has 0 aromatic heterocycles. The summed E-state index contributed by atoms with van der Waals surface area (Å²) >= 11 is 0. The smallest absolute Gasteiger partial charge is 0.306 e. The minimum absolute atomic E-state index is 0.0839. The van der Waals surface area contributed by atoms with Gasteiger partial charge in [-0.25, -0.2) is 0 Å². The lowest BCUT2D eigenvalue weighted by Crippen LogP contribution is -2.30. The number of hydrogen-bond acceptors (Lipinski definition) is 6. The van der Waals surface area contributed by atoms with Gasteiger partial charge in [0.15, 0.2) is 6.10 Å². The minimum atomic E-state index is -0.786. The van der Waals surface area contributed by atoms with Crippen molar-refractivity contribution < 1.29 is 28.6 Å². The number of unbranched alkanes of at least 4 members (excludes halogenated alkanes) is 28. The highest BCUT2D eigenvalue weighted by molar-refractivity contribution is 5.71. The summed E-state index contributed by atoms with van der Waals surface area (Å²) < 4.78 is 16.8. The molecule has 0 bridgehead atoms. The van der Waals surface area contributed by atoms with Crippen LogP contribution in [0.1, 0.15) is 265 Å². The van der Waals surface area contributed by atoms with Crippen LogP contribution in [0.5, 0.6) is 0 Å². The lowest BCUT2D eigenvalue weighted by atomic mass is 10.1. The zero-order valence-corrected chi connectivity index (χ0v) is 42.7. The first-order valence-electron chi connectivity index (χ1n) is 27.5. The lowest BCUT2D eigenvalue weighted by Gasteiger charge is -2.18. The number of esters is 3. The molecule has 0 saturated heterocycles. The average Bonchev–Trinajstić information content (AvgIpc) is 3.30. The molecule has 0 aliphatic carbocycles. The van der Waals surface area contributed by atoms with Crippen molar-refractivity contribution in [1.82, 2.24) is 0 Å². The fraction of sp³-hybridized carbons (Fsp3) is 0.746. The summed E-state index contributed by atoms with van der Waals surface area (Å²) in [5.41, 5.74) is 0. The molecule has 0 aromatic rings. The van der Waals surface area contributed by atoms with Crippen LogP contribution in [-0.4, -0.2) is 37.2 Å². The van der Waals surface area contributed by atoms with E-state index >= 15 is 0 Å². The van der Waals surface area contributed by atoms with E-state index in [4.69, 9.17) is 14.2 Å². The molecule has 6 nitrogen and oxygen atoms in total. The topological polar surface area (TPSA) is 78.9 Å². The Balaban J connectivity index is 4.37. The zero-order chi connectivity index (χ0) is 47.2. The molecule has 0 aromatic carbocycles.